The third kappa shape index (κ3) is 4.82. The van der Waals surface area contributed by atoms with Crippen LogP contribution in [0.3, 0.4) is 0 Å². The van der Waals surface area contributed by atoms with Crippen molar-refractivity contribution in [3.05, 3.63) is 34.3 Å². The van der Waals surface area contributed by atoms with Crippen molar-refractivity contribution in [3.63, 3.8) is 0 Å². The highest BCUT2D eigenvalue weighted by Crippen LogP contribution is 2.19. The molecule has 0 bridgehead atoms. The Kier molecular flexibility index (Phi) is 5.96. The van der Waals surface area contributed by atoms with Gasteiger partial charge in [-0.3, -0.25) is 0 Å². The first-order valence-corrected chi connectivity index (χ1v) is 5.38. The molecule has 1 aromatic carbocycles. The van der Waals surface area contributed by atoms with Gasteiger partial charge in [0.25, 0.3) is 0 Å². The second-order valence-corrected chi connectivity index (χ2v) is 3.73. The minimum absolute atomic E-state index is 0.606. The molecule has 1 heterocycles. The van der Waals surface area contributed by atoms with E-state index in [9.17, 15) is 0 Å². The highest BCUT2D eigenvalue weighted by Gasteiger charge is 1.91. The number of rotatable bonds is 0. The van der Waals surface area contributed by atoms with Crippen LogP contribution in [0.15, 0.2) is 24.3 Å². The van der Waals surface area contributed by atoms with Crippen LogP contribution in [0.1, 0.15) is 0 Å². The lowest BCUT2D eigenvalue weighted by Crippen LogP contribution is -2.39. The highest BCUT2D eigenvalue weighted by molar-refractivity contribution is 6.41. The van der Waals surface area contributed by atoms with Crippen molar-refractivity contribution >= 4 is 23.2 Å². The van der Waals surface area contributed by atoms with Gasteiger partial charge in [-0.2, -0.15) is 0 Å². The van der Waals surface area contributed by atoms with Crippen LogP contribution >= 0.6 is 23.2 Å². The van der Waals surface area contributed by atoms with Gasteiger partial charge >= 0.3 is 0 Å². The molecule has 1 aliphatic rings. The Bertz CT molecular complexity index is 230. The summed E-state index contributed by atoms with van der Waals surface area (Å²) in [6, 6.07) is 7.19. The van der Waals surface area contributed by atoms with E-state index in [4.69, 9.17) is 23.2 Å². The van der Waals surface area contributed by atoms with Crippen molar-refractivity contribution in [1.82, 2.24) is 10.6 Å². The molecule has 0 saturated carbocycles. The molecule has 0 atom stereocenters. The molecule has 4 heteroatoms. The lowest BCUT2D eigenvalue weighted by molar-refractivity contribution is 0.534. The quantitative estimate of drug-likeness (QED) is 0.717. The zero-order chi connectivity index (χ0) is 10.2. The lowest BCUT2D eigenvalue weighted by Gasteiger charge is -2.11. The zero-order valence-electron chi connectivity index (χ0n) is 7.89. The molecule has 1 aliphatic heterocycles. The molecule has 1 fully saturated rings. The molecular weight excluding hydrogens is 219 g/mol. The minimum Gasteiger partial charge on any atom is -0.314 e. The van der Waals surface area contributed by atoms with Gasteiger partial charge in [0, 0.05) is 26.2 Å². The third-order valence-electron chi connectivity index (χ3n) is 1.78. The maximum absolute atomic E-state index is 5.58. The average molecular weight is 233 g/mol. The van der Waals surface area contributed by atoms with E-state index in [0.29, 0.717) is 10.0 Å². The summed E-state index contributed by atoms with van der Waals surface area (Å²) in [6.45, 7) is 4.56. The first-order valence-electron chi connectivity index (χ1n) is 4.62. The van der Waals surface area contributed by atoms with Crippen molar-refractivity contribution in [3.8, 4) is 0 Å². The Balaban J connectivity index is 0.000000146. The Morgan fingerprint density at radius 2 is 1.14 bits per heavy atom. The average Bonchev–Trinajstić information content (AvgIpc) is 2.26. The van der Waals surface area contributed by atoms with Crippen LogP contribution in [0.4, 0.5) is 0 Å². The predicted molar refractivity (Wildman–Crippen MR) is 62.2 cm³/mol. The summed E-state index contributed by atoms with van der Waals surface area (Å²) in [5.74, 6) is 0. The molecule has 0 unspecified atom stereocenters. The fourth-order valence-corrected chi connectivity index (χ4v) is 1.31. The SMILES string of the molecule is C1CNCCN1.Clc1ccccc1Cl. The maximum atomic E-state index is 5.58. The second-order valence-electron chi connectivity index (χ2n) is 2.91. The summed E-state index contributed by atoms with van der Waals surface area (Å²) in [5.41, 5.74) is 0. The molecular formula is C10H14Cl2N2. The van der Waals surface area contributed by atoms with Gasteiger partial charge in [0.05, 0.1) is 10.0 Å². The van der Waals surface area contributed by atoms with Crippen molar-refractivity contribution in [2.24, 2.45) is 0 Å². The van der Waals surface area contributed by atoms with Gasteiger partial charge in [0.2, 0.25) is 0 Å². The van der Waals surface area contributed by atoms with Crippen molar-refractivity contribution in [2.75, 3.05) is 26.2 Å². The molecule has 0 spiro atoms. The van der Waals surface area contributed by atoms with Crippen LogP contribution in [0.5, 0.6) is 0 Å². The third-order valence-corrected chi connectivity index (χ3v) is 2.54. The lowest BCUT2D eigenvalue weighted by atomic mass is 10.4. The summed E-state index contributed by atoms with van der Waals surface area (Å²) in [5, 5.41) is 7.66. The van der Waals surface area contributed by atoms with Gasteiger partial charge in [0.1, 0.15) is 0 Å². The number of benzene rings is 1. The normalized spacial score (nSPS) is 15.6. The zero-order valence-corrected chi connectivity index (χ0v) is 9.41. The van der Waals surface area contributed by atoms with E-state index in [2.05, 4.69) is 10.6 Å². The van der Waals surface area contributed by atoms with Crippen LogP contribution < -0.4 is 10.6 Å². The van der Waals surface area contributed by atoms with Crippen LogP contribution in [0, 0.1) is 0 Å². The van der Waals surface area contributed by atoms with E-state index in [-0.39, 0.29) is 0 Å². The molecule has 78 valence electrons. The summed E-state index contributed by atoms with van der Waals surface area (Å²) < 4.78 is 0. The van der Waals surface area contributed by atoms with E-state index in [1.807, 2.05) is 12.1 Å². The van der Waals surface area contributed by atoms with Crippen LogP contribution in [-0.2, 0) is 0 Å². The van der Waals surface area contributed by atoms with Crippen molar-refractivity contribution in [1.29, 1.82) is 0 Å². The first-order chi connectivity index (χ1) is 6.80. The maximum Gasteiger partial charge on any atom is 0.0592 e. The second kappa shape index (κ2) is 7.07. The molecule has 1 aromatic rings. The highest BCUT2D eigenvalue weighted by atomic mass is 35.5. The molecule has 0 radical (unpaired) electrons. The monoisotopic (exact) mass is 232 g/mol. The van der Waals surface area contributed by atoms with Crippen LogP contribution in [-0.4, -0.2) is 26.2 Å². The smallest absolute Gasteiger partial charge is 0.0592 e. The molecule has 2 nitrogen and oxygen atoms in total. The number of nitrogens with one attached hydrogen (secondary N) is 2. The van der Waals surface area contributed by atoms with Gasteiger partial charge < -0.3 is 10.6 Å². The summed E-state index contributed by atoms with van der Waals surface area (Å²) >= 11 is 11.2. The summed E-state index contributed by atoms with van der Waals surface area (Å²) in [6.07, 6.45) is 0. The molecule has 2 rings (SSSR count). The summed E-state index contributed by atoms with van der Waals surface area (Å²) in [7, 11) is 0. The summed E-state index contributed by atoms with van der Waals surface area (Å²) in [4.78, 5) is 0. The molecule has 0 aromatic heterocycles. The standard InChI is InChI=1S/C6H4Cl2.C4H10N2/c7-5-3-1-2-4-6(5)8;1-2-6-4-3-5-1/h1-4H;5-6H,1-4H2. The Morgan fingerprint density at radius 3 is 1.36 bits per heavy atom. The van der Waals surface area contributed by atoms with Gasteiger partial charge in [-0.05, 0) is 12.1 Å². The molecule has 0 aliphatic carbocycles. The van der Waals surface area contributed by atoms with Gasteiger partial charge in [-0.25, -0.2) is 0 Å². The molecule has 14 heavy (non-hydrogen) atoms. The van der Waals surface area contributed by atoms with E-state index in [0.717, 1.165) is 26.2 Å². The van der Waals surface area contributed by atoms with Gasteiger partial charge in [0.15, 0.2) is 0 Å². The van der Waals surface area contributed by atoms with Crippen LogP contribution in [0.25, 0.3) is 0 Å². The van der Waals surface area contributed by atoms with Crippen LogP contribution in [0.2, 0.25) is 10.0 Å². The number of halogens is 2. The Hall–Kier alpha value is -0.280. The number of piperazine rings is 1. The number of hydrogen-bond acceptors (Lipinski definition) is 2. The van der Waals surface area contributed by atoms with Gasteiger partial charge in [-0.15, -0.1) is 0 Å². The van der Waals surface area contributed by atoms with E-state index >= 15 is 0 Å². The molecule has 2 N–H and O–H groups in total. The van der Waals surface area contributed by atoms with E-state index in [1.165, 1.54) is 0 Å². The molecule has 1 saturated heterocycles. The minimum atomic E-state index is 0.606. The number of hydrogen-bond donors (Lipinski definition) is 2. The van der Waals surface area contributed by atoms with Crippen molar-refractivity contribution < 1.29 is 0 Å². The Labute approximate surface area is 94.6 Å². The fraction of sp³-hybridized carbons (Fsp3) is 0.400. The predicted octanol–water partition coefficient (Wildman–Crippen LogP) is 2.17. The van der Waals surface area contributed by atoms with Gasteiger partial charge in [-0.1, -0.05) is 35.3 Å². The molecule has 0 amide bonds. The first kappa shape index (κ1) is 11.8. The van der Waals surface area contributed by atoms with Crippen molar-refractivity contribution in [2.45, 2.75) is 0 Å². The topological polar surface area (TPSA) is 24.1 Å². The largest absolute Gasteiger partial charge is 0.314 e. The van der Waals surface area contributed by atoms with E-state index in [1.54, 1.807) is 12.1 Å². The van der Waals surface area contributed by atoms with E-state index < -0.39 is 0 Å². The Morgan fingerprint density at radius 1 is 0.786 bits per heavy atom. The fourth-order valence-electron chi connectivity index (χ4n) is 1.04.